The Hall–Kier alpha value is 1.13. The maximum atomic E-state index is 10.3. The molecule has 14 heavy (non-hydrogen) atoms. The Bertz CT molecular complexity index is 275. The van der Waals surface area contributed by atoms with Crippen LogP contribution in [0, 0.1) is 0 Å². The molecule has 2 radical (unpaired) electrons. The van der Waals surface area contributed by atoms with Gasteiger partial charge in [-0.3, -0.25) is 9.79 Å². The van der Waals surface area contributed by atoms with E-state index in [1.54, 1.807) is 18.2 Å². The van der Waals surface area contributed by atoms with Crippen molar-refractivity contribution in [2.75, 3.05) is 0 Å². The van der Waals surface area contributed by atoms with E-state index in [1.165, 1.54) is 12.1 Å². The summed E-state index contributed by atoms with van der Waals surface area (Å²) in [5.74, 6) is 0.167. The Labute approximate surface area is 126 Å². The van der Waals surface area contributed by atoms with E-state index in [-0.39, 0.29) is 70.3 Å². The quantitative estimate of drug-likeness (QED) is 0.539. The van der Waals surface area contributed by atoms with E-state index in [1.807, 2.05) is 0 Å². The number of benzene rings is 1. The summed E-state index contributed by atoms with van der Waals surface area (Å²) in [6, 6.07) is 7.93. The first-order valence-corrected chi connectivity index (χ1v) is 4.41. The van der Waals surface area contributed by atoms with Gasteiger partial charge in [0.2, 0.25) is 0 Å². The van der Waals surface area contributed by atoms with E-state index in [2.05, 4.69) is 4.52 Å². The molecule has 0 saturated heterocycles. The van der Waals surface area contributed by atoms with Gasteiger partial charge in [0, 0.05) is 59.1 Å². The first kappa shape index (κ1) is 20.5. The van der Waals surface area contributed by atoms with Crippen LogP contribution in [-0.4, -0.2) is 74.4 Å². The normalized spacial score (nSPS) is 8.71. The van der Waals surface area contributed by atoms with Crippen molar-refractivity contribution in [1.82, 2.24) is 0 Å². The third kappa shape index (κ3) is 9.68. The van der Waals surface area contributed by atoms with Gasteiger partial charge < -0.3 is 10.00 Å². The largest absolute Gasteiger partial charge is 0.524 e. The minimum absolute atomic E-state index is 0. The molecule has 0 aliphatic carbocycles. The van der Waals surface area contributed by atoms with Crippen LogP contribution in [0.1, 0.15) is 0 Å². The van der Waals surface area contributed by atoms with E-state index in [4.69, 9.17) is 9.79 Å². The molecule has 0 amide bonds. The second-order valence-electron chi connectivity index (χ2n) is 1.89. The van der Waals surface area contributed by atoms with Crippen LogP contribution in [0.15, 0.2) is 30.3 Å². The molecule has 4 N–H and O–H groups in total. The Kier molecular flexibility index (Phi) is 13.7. The van der Waals surface area contributed by atoms with Gasteiger partial charge in [0.15, 0.2) is 0 Å². The maximum absolute atomic E-state index is 10.3. The van der Waals surface area contributed by atoms with Crippen molar-refractivity contribution in [3.05, 3.63) is 30.3 Å². The van der Waals surface area contributed by atoms with Crippen LogP contribution in [0.2, 0.25) is 0 Å². The minimum Gasteiger partial charge on any atom is -0.412 e. The Balaban J connectivity index is -0.000000403. The predicted molar refractivity (Wildman–Crippen MR) is 54.2 cm³/mol. The minimum atomic E-state index is -4.39. The number of hydrogen-bond acceptors (Lipinski definition) is 2. The Morgan fingerprint density at radius 1 is 1.07 bits per heavy atom. The summed E-state index contributed by atoms with van der Waals surface area (Å²) >= 11 is 0. The molecule has 0 spiro atoms. The molecule has 0 aromatic heterocycles. The zero-order chi connectivity index (χ0) is 8.32. The van der Waals surface area contributed by atoms with Crippen molar-refractivity contribution < 1.29 is 24.4 Å². The number of hydrogen-bond donors (Lipinski definition) is 2. The van der Waals surface area contributed by atoms with Gasteiger partial charge in [0.25, 0.3) is 0 Å². The van der Waals surface area contributed by atoms with E-state index in [9.17, 15) is 4.57 Å². The van der Waals surface area contributed by atoms with E-state index in [0.717, 1.165) is 0 Å². The number of phosphoric acid groups is 1. The standard InChI is InChI=1S/C6H7O4P.2Na.H2O/c7-11(8,9)10-6-4-2-1-3-5-6;;;/h1-5H,(H2,7,8,9);;;1H2. The maximum Gasteiger partial charge on any atom is 0.524 e. The van der Waals surface area contributed by atoms with Crippen LogP contribution in [0.25, 0.3) is 0 Å². The van der Waals surface area contributed by atoms with Crippen molar-refractivity contribution in [2.45, 2.75) is 0 Å². The summed E-state index contributed by atoms with van der Waals surface area (Å²) in [6.45, 7) is 0. The first-order chi connectivity index (χ1) is 5.08. The van der Waals surface area contributed by atoms with Crippen LogP contribution < -0.4 is 4.52 Å². The number of rotatable bonds is 2. The second kappa shape index (κ2) is 9.36. The summed E-state index contributed by atoms with van der Waals surface area (Å²) < 4.78 is 14.5. The molecule has 0 saturated carbocycles. The Morgan fingerprint density at radius 3 is 1.86 bits per heavy atom. The van der Waals surface area contributed by atoms with E-state index < -0.39 is 7.82 Å². The smallest absolute Gasteiger partial charge is 0.412 e. The third-order valence-electron chi connectivity index (χ3n) is 0.968. The fourth-order valence-corrected chi connectivity index (χ4v) is 1.02. The monoisotopic (exact) mass is 238 g/mol. The molecule has 0 bridgehead atoms. The molecule has 0 fully saturated rings. The summed E-state index contributed by atoms with van der Waals surface area (Å²) in [5, 5.41) is 0. The Morgan fingerprint density at radius 2 is 1.50 bits per heavy atom. The van der Waals surface area contributed by atoms with Gasteiger partial charge in [-0.05, 0) is 12.1 Å². The average molecular weight is 238 g/mol. The average Bonchev–Trinajstić information content (AvgIpc) is 1.85. The van der Waals surface area contributed by atoms with Crippen LogP contribution in [-0.2, 0) is 4.57 Å². The van der Waals surface area contributed by atoms with E-state index in [0.29, 0.717) is 0 Å². The summed E-state index contributed by atoms with van der Waals surface area (Å²) in [5.41, 5.74) is 0. The first-order valence-electron chi connectivity index (χ1n) is 2.88. The topological polar surface area (TPSA) is 98.3 Å². The van der Waals surface area contributed by atoms with Crippen molar-refractivity contribution in [3.8, 4) is 5.75 Å². The van der Waals surface area contributed by atoms with Crippen LogP contribution in [0.3, 0.4) is 0 Å². The SMILES string of the molecule is O.O=P(O)(O)Oc1ccccc1.[Na].[Na]. The van der Waals surface area contributed by atoms with Gasteiger partial charge in [0.1, 0.15) is 5.75 Å². The third-order valence-corrected chi connectivity index (χ3v) is 1.42. The van der Waals surface area contributed by atoms with Crippen LogP contribution in [0.5, 0.6) is 5.75 Å². The molecule has 0 unspecified atom stereocenters. The van der Waals surface area contributed by atoms with Crippen LogP contribution in [0.4, 0.5) is 0 Å². The van der Waals surface area contributed by atoms with Gasteiger partial charge in [-0.25, -0.2) is 4.57 Å². The molecule has 0 aliphatic heterocycles. The molecule has 1 aromatic carbocycles. The summed E-state index contributed by atoms with van der Waals surface area (Å²) in [7, 11) is -4.39. The fraction of sp³-hybridized carbons (Fsp3) is 0. The van der Waals surface area contributed by atoms with Gasteiger partial charge in [-0.15, -0.1) is 0 Å². The number of phosphoric ester groups is 1. The molecule has 0 atom stereocenters. The van der Waals surface area contributed by atoms with Gasteiger partial charge in [0.05, 0.1) is 0 Å². The molecule has 8 heteroatoms. The van der Waals surface area contributed by atoms with Gasteiger partial charge in [-0.1, -0.05) is 18.2 Å². The van der Waals surface area contributed by atoms with Gasteiger partial charge >= 0.3 is 7.82 Å². The van der Waals surface area contributed by atoms with Crippen LogP contribution >= 0.6 is 7.82 Å². The van der Waals surface area contributed by atoms with E-state index >= 15 is 0 Å². The molecular weight excluding hydrogens is 229 g/mol. The zero-order valence-electron chi connectivity index (χ0n) is 8.04. The molecular formula is C6H9Na2O5P. The molecule has 70 valence electrons. The van der Waals surface area contributed by atoms with Crippen molar-refractivity contribution in [2.24, 2.45) is 0 Å². The molecule has 1 aromatic rings. The second-order valence-corrected chi connectivity index (χ2v) is 3.06. The zero-order valence-corrected chi connectivity index (χ0v) is 12.9. The fourth-order valence-electron chi connectivity index (χ4n) is 0.619. The molecule has 0 aliphatic rings. The van der Waals surface area contributed by atoms with Crippen molar-refractivity contribution >= 4 is 66.9 Å². The summed E-state index contributed by atoms with van der Waals surface area (Å²) in [6.07, 6.45) is 0. The number of para-hydroxylation sites is 1. The predicted octanol–water partition coefficient (Wildman–Crippen LogP) is -0.428. The molecule has 1 rings (SSSR count). The van der Waals surface area contributed by atoms with Crippen molar-refractivity contribution in [3.63, 3.8) is 0 Å². The molecule has 0 heterocycles. The van der Waals surface area contributed by atoms with Gasteiger partial charge in [-0.2, -0.15) is 0 Å². The molecule has 5 nitrogen and oxygen atoms in total. The van der Waals surface area contributed by atoms with Crippen molar-refractivity contribution in [1.29, 1.82) is 0 Å². The summed E-state index contributed by atoms with van der Waals surface area (Å²) in [4.78, 5) is 16.7.